The van der Waals surface area contributed by atoms with Crippen molar-refractivity contribution in [3.8, 4) is 17.1 Å². The number of nitrogens with one attached hydrogen (secondary N) is 1. The van der Waals surface area contributed by atoms with Crippen LogP contribution >= 0.6 is 28.1 Å². The molecule has 0 amide bonds. The Morgan fingerprint density at radius 2 is 1.95 bits per heavy atom. The summed E-state index contributed by atoms with van der Waals surface area (Å²) in [5, 5.41) is 7.12. The van der Waals surface area contributed by atoms with Gasteiger partial charge in [-0.25, -0.2) is 0 Å². The zero-order valence-corrected chi connectivity index (χ0v) is 12.1. The van der Waals surface area contributed by atoms with Crippen LogP contribution in [0.4, 0.5) is 0 Å². The lowest BCUT2D eigenvalue weighted by atomic mass is 10.2. The largest absolute Gasteiger partial charge is 0.267 e. The SMILES string of the molecule is S=c1[nH]nc(-c2ccc(Br)cc2)n1-c1cccnc1. The fraction of sp³-hybridized carbons (Fsp3) is 0. The summed E-state index contributed by atoms with van der Waals surface area (Å²) >= 11 is 8.71. The van der Waals surface area contributed by atoms with E-state index in [0.29, 0.717) is 4.77 Å². The number of aromatic nitrogens is 4. The van der Waals surface area contributed by atoms with Gasteiger partial charge in [-0.05, 0) is 36.5 Å². The minimum Gasteiger partial charge on any atom is -0.267 e. The molecule has 0 aliphatic heterocycles. The second kappa shape index (κ2) is 5.07. The molecule has 0 radical (unpaired) electrons. The van der Waals surface area contributed by atoms with Crippen LogP contribution in [0.3, 0.4) is 0 Å². The van der Waals surface area contributed by atoms with E-state index in [0.717, 1.165) is 21.5 Å². The molecule has 0 aliphatic carbocycles. The van der Waals surface area contributed by atoms with Crippen LogP contribution < -0.4 is 0 Å². The minimum absolute atomic E-state index is 0.547. The number of rotatable bonds is 2. The smallest absolute Gasteiger partial charge is 0.200 e. The molecule has 94 valence electrons. The fourth-order valence-corrected chi connectivity index (χ4v) is 2.32. The van der Waals surface area contributed by atoms with Crippen LogP contribution in [0.25, 0.3) is 17.1 Å². The van der Waals surface area contributed by atoms with Crippen molar-refractivity contribution in [3.63, 3.8) is 0 Å². The quantitative estimate of drug-likeness (QED) is 0.727. The summed E-state index contributed by atoms with van der Waals surface area (Å²) in [6, 6.07) is 11.7. The van der Waals surface area contributed by atoms with Gasteiger partial charge in [-0.1, -0.05) is 28.1 Å². The third-order valence-electron chi connectivity index (χ3n) is 2.68. The van der Waals surface area contributed by atoms with E-state index in [1.54, 1.807) is 12.4 Å². The van der Waals surface area contributed by atoms with E-state index in [-0.39, 0.29) is 0 Å². The number of hydrogen-bond acceptors (Lipinski definition) is 3. The van der Waals surface area contributed by atoms with Gasteiger partial charge in [0.1, 0.15) is 0 Å². The summed E-state index contributed by atoms with van der Waals surface area (Å²) in [7, 11) is 0. The van der Waals surface area contributed by atoms with Gasteiger partial charge in [-0.3, -0.25) is 14.6 Å². The third kappa shape index (κ3) is 2.36. The molecule has 0 spiro atoms. The van der Waals surface area contributed by atoms with Crippen molar-refractivity contribution in [1.82, 2.24) is 19.7 Å². The van der Waals surface area contributed by atoms with Crippen LogP contribution in [0.1, 0.15) is 0 Å². The maximum atomic E-state index is 5.29. The van der Waals surface area contributed by atoms with E-state index >= 15 is 0 Å². The van der Waals surface area contributed by atoms with Crippen molar-refractivity contribution in [2.24, 2.45) is 0 Å². The first-order valence-electron chi connectivity index (χ1n) is 5.59. The first-order valence-corrected chi connectivity index (χ1v) is 6.79. The van der Waals surface area contributed by atoms with E-state index in [1.165, 1.54) is 0 Å². The molecule has 0 saturated carbocycles. The predicted molar refractivity (Wildman–Crippen MR) is 79.7 cm³/mol. The molecule has 0 bridgehead atoms. The highest BCUT2D eigenvalue weighted by molar-refractivity contribution is 9.10. The minimum atomic E-state index is 0.547. The topological polar surface area (TPSA) is 46.5 Å². The molecular formula is C13H9BrN4S. The Bertz CT molecular complexity index is 746. The van der Waals surface area contributed by atoms with Crippen LogP contribution in [-0.4, -0.2) is 19.7 Å². The average molecular weight is 333 g/mol. The maximum Gasteiger partial charge on any atom is 0.200 e. The zero-order chi connectivity index (χ0) is 13.2. The number of benzene rings is 1. The Hall–Kier alpha value is -1.79. The molecule has 1 N–H and O–H groups in total. The van der Waals surface area contributed by atoms with Crippen LogP contribution in [0, 0.1) is 4.77 Å². The molecular weight excluding hydrogens is 324 g/mol. The van der Waals surface area contributed by atoms with Crippen LogP contribution in [-0.2, 0) is 0 Å². The number of pyridine rings is 1. The van der Waals surface area contributed by atoms with E-state index in [1.807, 2.05) is 41.0 Å². The van der Waals surface area contributed by atoms with Crippen molar-refractivity contribution < 1.29 is 0 Å². The molecule has 0 unspecified atom stereocenters. The first kappa shape index (κ1) is 12.3. The highest BCUT2D eigenvalue weighted by Gasteiger charge is 2.10. The highest BCUT2D eigenvalue weighted by Crippen LogP contribution is 2.22. The number of nitrogens with zero attached hydrogens (tertiary/aromatic N) is 3. The van der Waals surface area contributed by atoms with Gasteiger partial charge in [0.25, 0.3) is 0 Å². The summed E-state index contributed by atoms with van der Waals surface area (Å²) in [5.74, 6) is 0.769. The summed E-state index contributed by atoms with van der Waals surface area (Å²) in [6.45, 7) is 0. The lowest BCUT2D eigenvalue weighted by Gasteiger charge is -2.06. The molecule has 3 rings (SSSR count). The van der Waals surface area contributed by atoms with Gasteiger partial charge in [-0.15, -0.1) is 0 Å². The van der Waals surface area contributed by atoms with Crippen LogP contribution in [0.15, 0.2) is 53.3 Å². The number of H-pyrrole nitrogens is 1. The summed E-state index contributed by atoms with van der Waals surface area (Å²) in [5.41, 5.74) is 1.87. The van der Waals surface area contributed by atoms with Gasteiger partial charge in [-0.2, -0.15) is 5.10 Å². The number of halogens is 1. The highest BCUT2D eigenvalue weighted by atomic mass is 79.9. The molecule has 2 aromatic heterocycles. The molecule has 0 saturated heterocycles. The molecule has 2 heterocycles. The van der Waals surface area contributed by atoms with E-state index in [4.69, 9.17) is 12.2 Å². The first-order chi connectivity index (χ1) is 9.25. The van der Waals surface area contributed by atoms with E-state index < -0.39 is 0 Å². The molecule has 4 nitrogen and oxygen atoms in total. The average Bonchev–Trinajstić information content (AvgIpc) is 2.82. The molecule has 6 heteroatoms. The summed E-state index contributed by atoms with van der Waals surface area (Å²) < 4.78 is 3.44. The second-order valence-electron chi connectivity index (χ2n) is 3.91. The molecule has 19 heavy (non-hydrogen) atoms. The lowest BCUT2D eigenvalue weighted by Crippen LogP contribution is -1.97. The van der Waals surface area contributed by atoms with Crippen molar-refractivity contribution in [3.05, 3.63) is 58.0 Å². The van der Waals surface area contributed by atoms with Gasteiger partial charge < -0.3 is 0 Å². The predicted octanol–water partition coefficient (Wildman–Crippen LogP) is 3.75. The standard InChI is InChI=1S/C13H9BrN4S/c14-10-5-3-9(4-6-10)12-16-17-13(19)18(12)11-2-1-7-15-8-11/h1-8H,(H,17,19). The molecule has 0 aliphatic rings. The van der Waals surface area contributed by atoms with Gasteiger partial charge >= 0.3 is 0 Å². The Morgan fingerprint density at radius 1 is 1.16 bits per heavy atom. The van der Waals surface area contributed by atoms with Gasteiger partial charge in [0.15, 0.2) is 10.6 Å². The second-order valence-corrected chi connectivity index (χ2v) is 5.21. The fourth-order valence-electron chi connectivity index (χ4n) is 1.82. The normalized spacial score (nSPS) is 10.6. The summed E-state index contributed by atoms with van der Waals surface area (Å²) in [4.78, 5) is 4.11. The Kier molecular flexibility index (Phi) is 3.27. The Morgan fingerprint density at radius 3 is 2.63 bits per heavy atom. The summed E-state index contributed by atoms with van der Waals surface area (Å²) in [6.07, 6.45) is 3.49. The van der Waals surface area contributed by atoms with E-state index in [9.17, 15) is 0 Å². The van der Waals surface area contributed by atoms with Crippen molar-refractivity contribution in [2.45, 2.75) is 0 Å². The number of aromatic amines is 1. The maximum absolute atomic E-state index is 5.29. The molecule has 0 fully saturated rings. The molecule has 0 atom stereocenters. The third-order valence-corrected chi connectivity index (χ3v) is 3.48. The zero-order valence-electron chi connectivity index (χ0n) is 9.75. The lowest BCUT2D eigenvalue weighted by molar-refractivity contribution is 1.02. The van der Waals surface area contributed by atoms with Crippen LogP contribution in [0.5, 0.6) is 0 Å². The molecule has 3 aromatic rings. The van der Waals surface area contributed by atoms with Crippen molar-refractivity contribution in [2.75, 3.05) is 0 Å². The number of hydrogen-bond donors (Lipinski definition) is 1. The van der Waals surface area contributed by atoms with Gasteiger partial charge in [0.05, 0.1) is 11.9 Å². The van der Waals surface area contributed by atoms with Gasteiger partial charge in [0.2, 0.25) is 0 Å². The molecule has 1 aromatic carbocycles. The van der Waals surface area contributed by atoms with Crippen LogP contribution in [0.2, 0.25) is 0 Å². The van der Waals surface area contributed by atoms with Crippen molar-refractivity contribution in [1.29, 1.82) is 0 Å². The monoisotopic (exact) mass is 332 g/mol. The Labute approximate surface area is 123 Å². The van der Waals surface area contributed by atoms with E-state index in [2.05, 4.69) is 31.1 Å². The van der Waals surface area contributed by atoms with Crippen molar-refractivity contribution >= 4 is 28.1 Å². The Balaban J connectivity index is 2.19. The van der Waals surface area contributed by atoms with Gasteiger partial charge in [0, 0.05) is 16.2 Å².